The van der Waals surface area contributed by atoms with Crippen LogP contribution in [0.3, 0.4) is 0 Å². The molecule has 0 saturated carbocycles. The van der Waals surface area contributed by atoms with Crippen LogP contribution < -0.4 is 0 Å². The Balaban J connectivity index is 1.73. The highest BCUT2D eigenvalue weighted by Crippen LogP contribution is 2.21. The van der Waals surface area contributed by atoms with Crippen molar-refractivity contribution in [3.05, 3.63) is 71.8 Å². The molecule has 0 aliphatic heterocycles. The van der Waals surface area contributed by atoms with Crippen LogP contribution in [0.25, 0.3) is 0 Å². The van der Waals surface area contributed by atoms with Gasteiger partial charge in [-0.25, -0.2) is 0 Å². The van der Waals surface area contributed by atoms with Gasteiger partial charge in [0.15, 0.2) is 26.2 Å². The van der Waals surface area contributed by atoms with Crippen LogP contribution >= 0.6 is 0 Å². The zero-order chi connectivity index (χ0) is 24.8. The Kier molecular flexibility index (Phi) is 17.2. The molecule has 0 bridgehead atoms. The molecular weight excluding hydrogens is 440 g/mol. The van der Waals surface area contributed by atoms with Gasteiger partial charge in [0.2, 0.25) is 0 Å². The minimum atomic E-state index is -0.452. The molecule has 35 heavy (non-hydrogen) atoms. The van der Waals surface area contributed by atoms with E-state index in [4.69, 9.17) is 23.7 Å². The molecule has 0 aliphatic carbocycles. The molecule has 0 radical (unpaired) electrons. The van der Waals surface area contributed by atoms with Crippen molar-refractivity contribution >= 4 is 0 Å². The summed E-state index contributed by atoms with van der Waals surface area (Å²) in [7, 11) is 0. The quantitative estimate of drug-likeness (QED) is 0.124. The van der Waals surface area contributed by atoms with Crippen molar-refractivity contribution in [1.82, 2.24) is 0 Å². The maximum atomic E-state index is 6.03. The van der Waals surface area contributed by atoms with Crippen LogP contribution in [0.5, 0.6) is 0 Å². The summed E-state index contributed by atoms with van der Waals surface area (Å²) in [5, 5.41) is 0. The van der Waals surface area contributed by atoms with E-state index in [0.717, 1.165) is 24.0 Å². The van der Waals surface area contributed by atoms with Gasteiger partial charge in [0.1, 0.15) is 0 Å². The molecule has 0 N–H and O–H groups in total. The summed E-state index contributed by atoms with van der Waals surface area (Å²) in [4.78, 5) is 0. The first-order chi connectivity index (χ1) is 17.3. The lowest BCUT2D eigenvalue weighted by atomic mass is 10.2. The minimum Gasteiger partial charge on any atom is -0.348 e. The second kappa shape index (κ2) is 20.4. The minimum absolute atomic E-state index is 0.0773. The van der Waals surface area contributed by atoms with Gasteiger partial charge in [0.05, 0.1) is 13.2 Å². The average molecular weight is 487 g/mol. The first-order valence-electron chi connectivity index (χ1n) is 13.5. The molecule has 0 heterocycles. The predicted molar refractivity (Wildman–Crippen MR) is 141 cm³/mol. The Labute approximate surface area is 213 Å². The van der Waals surface area contributed by atoms with Gasteiger partial charge in [-0.15, -0.1) is 0 Å². The summed E-state index contributed by atoms with van der Waals surface area (Å²) >= 11 is 0. The standard InChI is InChI=1S/C30H46O5/c1-3-5-7-9-17-23-32-29(27-19-13-11-14-20-27)34-25-31-26-35-30(28-21-15-12-16-22-28)33-24-18-10-8-6-4-2/h11-16,19-22,29-30H,3-10,17-18,23-26H2,1-2H3. The van der Waals surface area contributed by atoms with Gasteiger partial charge in [-0.2, -0.15) is 0 Å². The molecular formula is C30H46O5. The Morgan fingerprint density at radius 2 is 0.886 bits per heavy atom. The highest BCUT2D eigenvalue weighted by molar-refractivity contribution is 5.16. The summed E-state index contributed by atoms with van der Waals surface area (Å²) in [5.41, 5.74) is 1.97. The molecule has 2 unspecified atom stereocenters. The van der Waals surface area contributed by atoms with Crippen molar-refractivity contribution in [2.24, 2.45) is 0 Å². The van der Waals surface area contributed by atoms with Crippen LogP contribution in [0.1, 0.15) is 102 Å². The lowest BCUT2D eigenvalue weighted by Crippen LogP contribution is -2.16. The van der Waals surface area contributed by atoms with Gasteiger partial charge >= 0.3 is 0 Å². The van der Waals surface area contributed by atoms with Crippen LogP contribution in [0.15, 0.2) is 60.7 Å². The topological polar surface area (TPSA) is 46.2 Å². The lowest BCUT2D eigenvalue weighted by molar-refractivity contribution is -0.251. The van der Waals surface area contributed by atoms with Gasteiger partial charge in [-0.05, 0) is 12.8 Å². The molecule has 2 atom stereocenters. The largest absolute Gasteiger partial charge is 0.348 e. The summed E-state index contributed by atoms with van der Waals surface area (Å²) in [6, 6.07) is 20.0. The molecule has 2 aromatic carbocycles. The molecule has 5 heteroatoms. The molecule has 2 rings (SSSR count). The second-order valence-electron chi connectivity index (χ2n) is 8.83. The normalized spacial score (nSPS) is 13.1. The molecule has 5 nitrogen and oxygen atoms in total. The molecule has 0 spiro atoms. The number of rotatable bonds is 22. The van der Waals surface area contributed by atoms with E-state index in [2.05, 4.69) is 13.8 Å². The van der Waals surface area contributed by atoms with Crippen LogP contribution in [-0.4, -0.2) is 26.8 Å². The zero-order valence-corrected chi connectivity index (χ0v) is 21.9. The van der Waals surface area contributed by atoms with Crippen LogP contribution in [-0.2, 0) is 23.7 Å². The van der Waals surface area contributed by atoms with E-state index in [1.807, 2.05) is 60.7 Å². The summed E-state index contributed by atoms with van der Waals surface area (Å²) in [5.74, 6) is 0. The van der Waals surface area contributed by atoms with Crippen LogP contribution in [0, 0.1) is 0 Å². The van der Waals surface area contributed by atoms with E-state index in [0.29, 0.717) is 13.2 Å². The molecule has 0 fully saturated rings. The number of hydrogen-bond acceptors (Lipinski definition) is 5. The van der Waals surface area contributed by atoms with E-state index in [1.165, 1.54) is 51.4 Å². The summed E-state index contributed by atoms with van der Waals surface area (Å²) in [6.45, 7) is 5.94. The Hall–Kier alpha value is -1.76. The van der Waals surface area contributed by atoms with Crippen molar-refractivity contribution in [1.29, 1.82) is 0 Å². The average Bonchev–Trinajstić information content (AvgIpc) is 2.91. The van der Waals surface area contributed by atoms with E-state index < -0.39 is 12.6 Å². The Morgan fingerprint density at radius 1 is 0.486 bits per heavy atom. The number of benzene rings is 2. The van der Waals surface area contributed by atoms with Crippen molar-refractivity contribution in [3.8, 4) is 0 Å². The number of unbranched alkanes of at least 4 members (excludes halogenated alkanes) is 8. The third-order valence-corrected chi connectivity index (χ3v) is 5.78. The van der Waals surface area contributed by atoms with Crippen LogP contribution in [0.2, 0.25) is 0 Å². The zero-order valence-electron chi connectivity index (χ0n) is 21.9. The molecule has 2 aromatic rings. The SMILES string of the molecule is CCCCCCCOC(OCOCOC(OCCCCCCC)c1ccccc1)c1ccccc1. The third kappa shape index (κ3) is 13.8. The maximum absolute atomic E-state index is 6.03. The predicted octanol–water partition coefficient (Wildman–Crippen LogP) is 8.32. The summed E-state index contributed by atoms with van der Waals surface area (Å²) in [6.07, 6.45) is 11.1. The van der Waals surface area contributed by atoms with Gasteiger partial charge in [-0.3, -0.25) is 0 Å². The maximum Gasteiger partial charge on any atom is 0.186 e. The lowest BCUT2D eigenvalue weighted by Gasteiger charge is -2.21. The van der Waals surface area contributed by atoms with Crippen molar-refractivity contribution in [2.75, 3.05) is 26.8 Å². The van der Waals surface area contributed by atoms with E-state index >= 15 is 0 Å². The monoisotopic (exact) mass is 486 g/mol. The third-order valence-electron chi connectivity index (χ3n) is 5.78. The van der Waals surface area contributed by atoms with Gasteiger partial charge in [-0.1, -0.05) is 126 Å². The van der Waals surface area contributed by atoms with Crippen molar-refractivity contribution in [3.63, 3.8) is 0 Å². The van der Waals surface area contributed by atoms with Crippen LogP contribution in [0.4, 0.5) is 0 Å². The second-order valence-corrected chi connectivity index (χ2v) is 8.83. The smallest absolute Gasteiger partial charge is 0.186 e. The van der Waals surface area contributed by atoms with Gasteiger partial charge in [0.25, 0.3) is 0 Å². The Morgan fingerprint density at radius 3 is 1.29 bits per heavy atom. The molecule has 196 valence electrons. The fourth-order valence-corrected chi connectivity index (χ4v) is 3.75. The Bertz CT molecular complexity index is 648. The first kappa shape index (κ1) is 29.5. The number of hydrogen-bond donors (Lipinski definition) is 0. The van der Waals surface area contributed by atoms with E-state index in [-0.39, 0.29) is 13.6 Å². The van der Waals surface area contributed by atoms with Crippen molar-refractivity contribution in [2.45, 2.75) is 90.6 Å². The molecule has 0 aliphatic rings. The van der Waals surface area contributed by atoms with E-state index in [1.54, 1.807) is 0 Å². The fraction of sp³-hybridized carbons (Fsp3) is 0.600. The molecule has 0 amide bonds. The first-order valence-corrected chi connectivity index (χ1v) is 13.5. The van der Waals surface area contributed by atoms with Crippen molar-refractivity contribution < 1.29 is 23.7 Å². The summed E-state index contributed by atoms with van der Waals surface area (Å²) < 4.78 is 29.5. The molecule has 0 aromatic heterocycles. The highest BCUT2D eigenvalue weighted by atomic mass is 16.8. The van der Waals surface area contributed by atoms with E-state index in [9.17, 15) is 0 Å². The van der Waals surface area contributed by atoms with Gasteiger partial charge in [0, 0.05) is 11.1 Å². The highest BCUT2D eigenvalue weighted by Gasteiger charge is 2.14. The number of ether oxygens (including phenoxy) is 5. The fourth-order valence-electron chi connectivity index (χ4n) is 3.75. The molecule has 0 saturated heterocycles. The van der Waals surface area contributed by atoms with Gasteiger partial charge < -0.3 is 23.7 Å².